The van der Waals surface area contributed by atoms with Crippen molar-refractivity contribution in [1.29, 1.82) is 0 Å². The zero-order valence-corrected chi connectivity index (χ0v) is 23.2. The molecule has 0 spiro atoms. The van der Waals surface area contributed by atoms with Crippen LogP contribution in [0.5, 0.6) is 0 Å². The zero-order chi connectivity index (χ0) is 28.2. The minimum atomic E-state index is -1.04. The summed E-state index contributed by atoms with van der Waals surface area (Å²) in [6.45, 7) is 5.88. The van der Waals surface area contributed by atoms with E-state index in [9.17, 15) is 18.0 Å². The minimum absolute atomic E-state index is 0.0249. The molecule has 0 bridgehead atoms. The fourth-order valence-corrected chi connectivity index (χ4v) is 6.06. The molecule has 3 aromatic rings. The van der Waals surface area contributed by atoms with Gasteiger partial charge in [-0.05, 0) is 57.8 Å². The number of imidazole rings is 1. The van der Waals surface area contributed by atoms with Crippen LogP contribution in [0.1, 0.15) is 84.1 Å². The number of carbonyl (C=O) groups excluding carboxylic acids is 1. The van der Waals surface area contributed by atoms with Crippen molar-refractivity contribution in [3.05, 3.63) is 35.8 Å². The number of hydrogen-bond donors (Lipinski definition) is 2. The highest BCUT2D eigenvalue weighted by Crippen LogP contribution is 2.33. The van der Waals surface area contributed by atoms with Crippen LogP contribution in [-0.4, -0.2) is 49.5 Å². The monoisotopic (exact) mass is 557 g/mol. The summed E-state index contributed by atoms with van der Waals surface area (Å²) < 4.78 is 44.3. The molecule has 0 unspecified atom stereocenters. The summed E-state index contributed by atoms with van der Waals surface area (Å²) in [7, 11) is 0. The Bertz CT molecular complexity index is 1310. The first-order chi connectivity index (χ1) is 19.4. The number of carbonyl (C=O) groups is 1. The van der Waals surface area contributed by atoms with Crippen molar-refractivity contribution in [3.8, 4) is 0 Å². The number of amides is 1. The molecule has 1 aromatic carbocycles. The fraction of sp³-hybridized carbons (Fsp3) is 0.586. The van der Waals surface area contributed by atoms with Crippen molar-refractivity contribution in [2.75, 3.05) is 23.7 Å². The third-order valence-electron chi connectivity index (χ3n) is 8.21. The topological polar surface area (TPSA) is 88.0 Å². The van der Waals surface area contributed by atoms with Gasteiger partial charge in [0.05, 0.1) is 6.20 Å². The number of hydrogen-bond acceptors (Lipinski definition) is 6. The van der Waals surface area contributed by atoms with Gasteiger partial charge in [0.1, 0.15) is 17.0 Å². The molecule has 2 aliphatic rings. The Hall–Kier alpha value is -3.37. The lowest BCUT2D eigenvalue weighted by atomic mass is 9.85. The number of rotatable bonds is 9. The molecule has 40 heavy (non-hydrogen) atoms. The van der Waals surface area contributed by atoms with Gasteiger partial charge in [-0.1, -0.05) is 20.3 Å². The second-order valence-electron chi connectivity index (χ2n) is 11.0. The van der Waals surface area contributed by atoms with Gasteiger partial charge in [0.2, 0.25) is 17.8 Å². The van der Waals surface area contributed by atoms with Gasteiger partial charge in [-0.3, -0.25) is 9.36 Å². The Morgan fingerprint density at radius 3 is 2.38 bits per heavy atom. The van der Waals surface area contributed by atoms with Crippen LogP contribution in [0.4, 0.5) is 30.8 Å². The van der Waals surface area contributed by atoms with E-state index in [-0.39, 0.29) is 23.9 Å². The van der Waals surface area contributed by atoms with Gasteiger partial charge in [0.25, 0.3) is 0 Å². The smallest absolute Gasteiger partial charge is 0.225 e. The summed E-state index contributed by atoms with van der Waals surface area (Å²) in [6.07, 6.45) is 10.9. The number of likely N-dealkylation sites (tertiary alicyclic amines) is 1. The molecule has 0 radical (unpaired) electrons. The van der Waals surface area contributed by atoms with Gasteiger partial charge in [-0.2, -0.15) is 4.98 Å². The predicted octanol–water partition coefficient (Wildman–Crippen LogP) is 6.72. The molecule has 1 saturated heterocycles. The quantitative estimate of drug-likeness (QED) is 0.304. The number of benzene rings is 1. The van der Waals surface area contributed by atoms with Crippen LogP contribution in [0, 0.1) is 23.4 Å². The van der Waals surface area contributed by atoms with E-state index in [0.29, 0.717) is 35.2 Å². The van der Waals surface area contributed by atoms with Gasteiger partial charge in [0.15, 0.2) is 17.3 Å². The average Bonchev–Trinajstić information content (AvgIpc) is 3.31. The van der Waals surface area contributed by atoms with Gasteiger partial charge < -0.3 is 15.5 Å². The van der Waals surface area contributed by atoms with E-state index in [1.54, 1.807) is 6.20 Å². The maximum absolute atomic E-state index is 14.5. The van der Waals surface area contributed by atoms with Crippen molar-refractivity contribution in [1.82, 2.24) is 24.4 Å². The van der Waals surface area contributed by atoms with Gasteiger partial charge in [-0.25, -0.2) is 23.1 Å². The first-order valence-electron chi connectivity index (χ1n) is 14.6. The van der Waals surface area contributed by atoms with Crippen LogP contribution in [0.3, 0.4) is 0 Å². The van der Waals surface area contributed by atoms with E-state index in [1.807, 2.05) is 16.4 Å². The molecule has 2 fully saturated rings. The van der Waals surface area contributed by atoms with Crippen LogP contribution in [0.15, 0.2) is 18.3 Å². The van der Waals surface area contributed by atoms with E-state index in [0.717, 1.165) is 70.9 Å². The summed E-state index contributed by atoms with van der Waals surface area (Å²) in [4.78, 5) is 28.8. The SMILES string of the molecule is CCC[C@H](CC)n1c(Nc2c(F)cc(F)cc2F)nc2cnc(N[C@H]3CC[C@H](C(=O)N4CCCCC4)CC3)nc21. The van der Waals surface area contributed by atoms with E-state index in [2.05, 4.69) is 27.5 Å². The van der Waals surface area contributed by atoms with Gasteiger partial charge >= 0.3 is 0 Å². The molecule has 2 aromatic heterocycles. The third kappa shape index (κ3) is 6.02. The Labute approximate surface area is 232 Å². The fourth-order valence-electron chi connectivity index (χ4n) is 6.06. The lowest BCUT2D eigenvalue weighted by Crippen LogP contribution is -2.41. The molecule has 11 heteroatoms. The molecule has 2 N–H and O–H groups in total. The molecule has 1 aliphatic carbocycles. The lowest BCUT2D eigenvalue weighted by Gasteiger charge is -2.34. The second-order valence-corrected chi connectivity index (χ2v) is 11.0. The molecule has 1 amide bonds. The Morgan fingerprint density at radius 2 is 1.73 bits per heavy atom. The predicted molar refractivity (Wildman–Crippen MR) is 149 cm³/mol. The summed E-state index contributed by atoms with van der Waals surface area (Å²) >= 11 is 0. The van der Waals surface area contributed by atoms with Crippen LogP contribution in [0.2, 0.25) is 0 Å². The van der Waals surface area contributed by atoms with Crippen molar-refractivity contribution in [2.24, 2.45) is 5.92 Å². The molecule has 1 aliphatic heterocycles. The Balaban J connectivity index is 1.36. The number of fused-ring (bicyclic) bond motifs is 1. The number of anilines is 3. The number of piperidine rings is 1. The van der Waals surface area contributed by atoms with Gasteiger partial charge in [-0.15, -0.1) is 0 Å². The maximum Gasteiger partial charge on any atom is 0.225 e. The number of halogens is 3. The van der Waals surface area contributed by atoms with E-state index < -0.39 is 23.1 Å². The highest BCUT2D eigenvalue weighted by molar-refractivity contribution is 5.79. The number of aromatic nitrogens is 4. The third-order valence-corrected chi connectivity index (χ3v) is 8.21. The number of nitrogens with one attached hydrogen (secondary N) is 2. The second kappa shape index (κ2) is 12.4. The Morgan fingerprint density at radius 1 is 1.02 bits per heavy atom. The molecule has 3 heterocycles. The van der Waals surface area contributed by atoms with Crippen LogP contribution < -0.4 is 10.6 Å². The van der Waals surface area contributed by atoms with Crippen LogP contribution in [-0.2, 0) is 4.79 Å². The molecule has 8 nitrogen and oxygen atoms in total. The number of nitrogens with zero attached hydrogens (tertiary/aromatic N) is 5. The first-order valence-corrected chi connectivity index (χ1v) is 14.6. The van der Waals surface area contributed by atoms with E-state index >= 15 is 0 Å². The largest absolute Gasteiger partial charge is 0.351 e. The van der Waals surface area contributed by atoms with Crippen LogP contribution >= 0.6 is 0 Å². The summed E-state index contributed by atoms with van der Waals surface area (Å²) in [5.74, 6) is -2.00. The molecule has 216 valence electrons. The Kier molecular flexibility index (Phi) is 8.75. The molecular weight excluding hydrogens is 519 g/mol. The van der Waals surface area contributed by atoms with Crippen LogP contribution in [0.25, 0.3) is 11.2 Å². The molecule has 1 saturated carbocycles. The van der Waals surface area contributed by atoms with E-state index in [4.69, 9.17) is 4.98 Å². The normalized spacial score (nSPS) is 20.5. The zero-order valence-electron chi connectivity index (χ0n) is 23.2. The first kappa shape index (κ1) is 28.2. The maximum atomic E-state index is 14.5. The summed E-state index contributed by atoms with van der Waals surface area (Å²) in [5.41, 5.74) is 0.574. The van der Waals surface area contributed by atoms with Gasteiger partial charge in [0, 0.05) is 43.2 Å². The lowest BCUT2D eigenvalue weighted by molar-refractivity contribution is -0.137. The standard InChI is InChI=1S/C29H38F3N7O/c1-3-8-21(4-2)39-26-24(35-29(39)36-25-22(31)15-19(30)16-23(25)32)17-33-28(37-26)34-20-11-9-18(10-12-20)27(40)38-13-6-5-7-14-38/h15-18,20-21H,3-14H2,1-2H3,(H,35,36)(H,33,34,37)/t18-,20-,21-/m0/s1. The molecule has 1 atom stereocenters. The van der Waals surface area contributed by atoms with Crippen molar-refractivity contribution in [2.45, 2.75) is 90.1 Å². The highest BCUT2D eigenvalue weighted by atomic mass is 19.1. The van der Waals surface area contributed by atoms with Crippen molar-refractivity contribution < 1.29 is 18.0 Å². The minimum Gasteiger partial charge on any atom is -0.351 e. The molecule has 5 rings (SSSR count). The summed E-state index contributed by atoms with van der Waals surface area (Å²) in [6, 6.07) is 1.40. The average molecular weight is 558 g/mol. The van der Waals surface area contributed by atoms with Crippen molar-refractivity contribution in [3.63, 3.8) is 0 Å². The van der Waals surface area contributed by atoms with Crippen molar-refractivity contribution >= 4 is 34.7 Å². The summed E-state index contributed by atoms with van der Waals surface area (Å²) in [5, 5.41) is 6.19. The molecular formula is C29H38F3N7O. The highest BCUT2D eigenvalue weighted by Gasteiger charge is 2.30. The van der Waals surface area contributed by atoms with E-state index in [1.165, 1.54) is 6.42 Å².